The Balaban J connectivity index is 1.48. The normalized spacial score (nSPS) is 14.5. The summed E-state index contributed by atoms with van der Waals surface area (Å²) >= 11 is 1.42. The van der Waals surface area contributed by atoms with Crippen molar-refractivity contribution in [1.82, 2.24) is 19.7 Å². The van der Waals surface area contributed by atoms with Gasteiger partial charge in [0, 0.05) is 11.4 Å². The molecule has 0 spiro atoms. The van der Waals surface area contributed by atoms with Crippen LogP contribution in [0.1, 0.15) is 36.2 Å². The summed E-state index contributed by atoms with van der Waals surface area (Å²) in [6.45, 7) is 7.09. The van der Waals surface area contributed by atoms with Crippen molar-refractivity contribution < 1.29 is 4.79 Å². The molecule has 0 bridgehead atoms. The van der Waals surface area contributed by atoms with Gasteiger partial charge in [-0.05, 0) is 75.2 Å². The quantitative estimate of drug-likeness (QED) is 0.550. The summed E-state index contributed by atoms with van der Waals surface area (Å²) in [4.78, 5) is 15.0. The molecule has 0 unspecified atom stereocenters. The number of anilines is 1. The second-order valence-electron chi connectivity index (χ2n) is 8.04. The largest absolute Gasteiger partial charge is 0.325 e. The lowest BCUT2D eigenvalue weighted by Gasteiger charge is -2.26. The van der Waals surface area contributed by atoms with Crippen molar-refractivity contribution >= 4 is 23.4 Å². The molecule has 2 aromatic carbocycles. The summed E-state index contributed by atoms with van der Waals surface area (Å²) in [7, 11) is 0. The molecule has 0 aliphatic carbocycles. The lowest BCUT2D eigenvalue weighted by molar-refractivity contribution is -0.113. The summed E-state index contributed by atoms with van der Waals surface area (Å²) in [5.41, 5.74) is 4.22. The number of nitrogens with one attached hydrogen (secondary N) is 1. The number of aromatic nitrogens is 3. The monoisotopic (exact) mass is 435 g/mol. The number of amides is 1. The molecule has 1 fully saturated rings. The van der Waals surface area contributed by atoms with Gasteiger partial charge >= 0.3 is 0 Å². The zero-order valence-corrected chi connectivity index (χ0v) is 19.0. The maximum absolute atomic E-state index is 12.6. The first-order chi connectivity index (χ1) is 15.1. The number of hydrogen-bond acceptors (Lipinski definition) is 5. The fraction of sp³-hybridized carbons (Fsp3) is 0.375. The topological polar surface area (TPSA) is 63.1 Å². The standard InChI is InChI=1S/C24H29N5OS/c1-18-11-12-20(15-19(18)2)25-23(30)17-31-24-27-26-22(16-28-13-7-4-8-14-28)29(24)21-9-5-3-6-10-21/h3,5-6,9-12,15H,4,7-8,13-14,16-17H2,1-2H3,(H,25,30). The van der Waals surface area contributed by atoms with Gasteiger partial charge in [0.25, 0.3) is 0 Å². The Kier molecular flexibility index (Phi) is 7.04. The zero-order valence-electron chi connectivity index (χ0n) is 18.2. The molecule has 4 rings (SSSR count). The van der Waals surface area contributed by atoms with Crippen LogP contribution in [0.2, 0.25) is 0 Å². The summed E-state index contributed by atoms with van der Waals surface area (Å²) in [5.74, 6) is 1.15. The minimum Gasteiger partial charge on any atom is -0.325 e. The second kappa shape index (κ2) is 10.1. The fourth-order valence-corrected chi connectivity index (χ4v) is 4.57. The van der Waals surface area contributed by atoms with E-state index >= 15 is 0 Å². The molecule has 0 radical (unpaired) electrons. The third-order valence-corrected chi connectivity index (χ3v) is 6.58. The summed E-state index contributed by atoms with van der Waals surface area (Å²) in [5, 5.41) is 12.7. The molecule has 2 heterocycles. The first-order valence-electron chi connectivity index (χ1n) is 10.8. The number of likely N-dealkylation sites (tertiary alicyclic amines) is 1. The van der Waals surface area contributed by atoms with Crippen LogP contribution in [-0.2, 0) is 11.3 Å². The number of hydrogen-bond donors (Lipinski definition) is 1. The first-order valence-corrected chi connectivity index (χ1v) is 11.8. The van der Waals surface area contributed by atoms with E-state index in [9.17, 15) is 4.79 Å². The van der Waals surface area contributed by atoms with E-state index in [1.807, 2.05) is 43.3 Å². The fourth-order valence-electron chi connectivity index (χ4n) is 3.80. The van der Waals surface area contributed by atoms with Crippen LogP contribution in [-0.4, -0.2) is 44.4 Å². The van der Waals surface area contributed by atoms with Gasteiger partial charge in [0.15, 0.2) is 11.0 Å². The van der Waals surface area contributed by atoms with Crippen LogP contribution in [0, 0.1) is 13.8 Å². The average molecular weight is 436 g/mol. The molecule has 0 atom stereocenters. The van der Waals surface area contributed by atoms with Gasteiger partial charge in [0.1, 0.15) is 0 Å². The number of piperidine rings is 1. The van der Waals surface area contributed by atoms with Crippen molar-refractivity contribution in [3.05, 3.63) is 65.5 Å². The SMILES string of the molecule is Cc1ccc(NC(=O)CSc2nnc(CN3CCCCC3)n2-c2ccccc2)cc1C. The molecule has 1 N–H and O–H groups in total. The Hall–Kier alpha value is -2.64. The second-order valence-corrected chi connectivity index (χ2v) is 8.98. The molecular formula is C24H29N5OS. The van der Waals surface area contributed by atoms with Gasteiger partial charge in [-0.15, -0.1) is 10.2 Å². The number of carbonyl (C=O) groups is 1. The number of para-hydroxylation sites is 1. The Morgan fingerprint density at radius 1 is 1.00 bits per heavy atom. The molecule has 31 heavy (non-hydrogen) atoms. The highest BCUT2D eigenvalue weighted by atomic mass is 32.2. The number of rotatable bonds is 7. The highest BCUT2D eigenvalue weighted by Gasteiger charge is 2.19. The smallest absolute Gasteiger partial charge is 0.234 e. The van der Waals surface area contributed by atoms with Gasteiger partial charge in [-0.2, -0.15) is 0 Å². The van der Waals surface area contributed by atoms with Gasteiger partial charge in [-0.25, -0.2) is 0 Å². The van der Waals surface area contributed by atoms with Crippen LogP contribution in [0.25, 0.3) is 5.69 Å². The van der Waals surface area contributed by atoms with Gasteiger partial charge in [-0.1, -0.05) is 42.4 Å². The van der Waals surface area contributed by atoms with E-state index < -0.39 is 0 Å². The van der Waals surface area contributed by atoms with Crippen LogP contribution in [0.3, 0.4) is 0 Å². The van der Waals surface area contributed by atoms with Crippen molar-refractivity contribution in [3.8, 4) is 5.69 Å². The molecule has 1 amide bonds. The van der Waals surface area contributed by atoms with Crippen LogP contribution in [0.15, 0.2) is 53.7 Å². The number of carbonyl (C=O) groups excluding carboxylic acids is 1. The molecule has 1 aliphatic heterocycles. The first kappa shape index (κ1) is 21.6. The van der Waals surface area contributed by atoms with Crippen LogP contribution >= 0.6 is 11.8 Å². The van der Waals surface area contributed by atoms with Gasteiger partial charge in [-0.3, -0.25) is 14.3 Å². The number of benzene rings is 2. The van der Waals surface area contributed by atoms with Crippen molar-refractivity contribution in [1.29, 1.82) is 0 Å². The van der Waals surface area contributed by atoms with E-state index in [4.69, 9.17) is 0 Å². The van der Waals surface area contributed by atoms with Crippen LogP contribution in [0.5, 0.6) is 0 Å². The van der Waals surface area contributed by atoms with Crippen molar-refractivity contribution in [3.63, 3.8) is 0 Å². The Labute approximate surface area is 188 Å². The summed E-state index contributed by atoms with van der Waals surface area (Å²) in [6.07, 6.45) is 3.78. The molecule has 1 aromatic heterocycles. The maximum Gasteiger partial charge on any atom is 0.234 e. The Morgan fingerprint density at radius 2 is 1.77 bits per heavy atom. The molecule has 6 nitrogen and oxygen atoms in total. The highest BCUT2D eigenvalue weighted by molar-refractivity contribution is 7.99. The third-order valence-electron chi connectivity index (χ3n) is 5.65. The lowest BCUT2D eigenvalue weighted by atomic mass is 10.1. The lowest BCUT2D eigenvalue weighted by Crippen LogP contribution is -2.30. The minimum absolute atomic E-state index is 0.0477. The molecule has 1 saturated heterocycles. The average Bonchev–Trinajstić information content (AvgIpc) is 3.18. The van der Waals surface area contributed by atoms with Gasteiger partial charge < -0.3 is 5.32 Å². The maximum atomic E-state index is 12.6. The minimum atomic E-state index is -0.0477. The van der Waals surface area contributed by atoms with Crippen molar-refractivity contribution in [2.75, 3.05) is 24.2 Å². The Bertz CT molecular complexity index is 1030. The van der Waals surface area contributed by atoms with E-state index in [1.54, 1.807) is 0 Å². The molecule has 0 saturated carbocycles. The van der Waals surface area contributed by atoms with Crippen molar-refractivity contribution in [2.24, 2.45) is 0 Å². The van der Waals surface area contributed by atoms with E-state index in [0.717, 1.165) is 47.6 Å². The molecular weight excluding hydrogens is 406 g/mol. The number of thioether (sulfide) groups is 1. The third kappa shape index (κ3) is 5.54. The summed E-state index contributed by atoms with van der Waals surface area (Å²) < 4.78 is 2.09. The predicted molar refractivity (Wildman–Crippen MR) is 126 cm³/mol. The van der Waals surface area contributed by atoms with E-state index in [2.05, 4.69) is 44.0 Å². The number of nitrogens with zero attached hydrogens (tertiary/aromatic N) is 4. The molecule has 3 aromatic rings. The van der Waals surface area contributed by atoms with Crippen LogP contribution < -0.4 is 5.32 Å². The van der Waals surface area contributed by atoms with Gasteiger partial charge in [0.05, 0.1) is 12.3 Å². The van der Waals surface area contributed by atoms with E-state index in [-0.39, 0.29) is 11.7 Å². The van der Waals surface area contributed by atoms with Crippen molar-refractivity contribution in [2.45, 2.75) is 44.8 Å². The molecule has 7 heteroatoms. The predicted octanol–water partition coefficient (Wildman–Crippen LogP) is 4.60. The van der Waals surface area contributed by atoms with E-state index in [1.165, 1.54) is 36.6 Å². The molecule has 162 valence electrons. The number of aryl methyl sites for hydroxylation is 2. The molecule has 1 aliphatic rings. The summed E-state index contributed by atoms with van der Waals surface area (Å²) in [6, 6.07) is 16.1. The Morgan fingerprint density at radius 3 is 2.52 bits per heavy atom. The zero-order chi connectivity index (χ0) is 21.6. The van der Waals surface area contributed by atoms with E-state index in [0.29, 0.717) is 0 Å². The van der Waals surface area contributed by atoms with Crippen LogP contribution in [0.4, 0.5) is 5.69 Å². The highest BCUT2D eigenvalue weighted by Crippen LogP contribution is 2.24. The van der Waals surface area contributed by atoms with Gasteiger partial charge in [0.2, 0.25) is 5.91 Å².